The molecule has 0 amide bonds. The minimum absolute atomic E-state index is 0.00976. The molecule has 0 aromatic heterocycles. The molecule has 4 nitrogen and oxygen atoms in total. The van der Waals surface area contributed by atoms with E-state index in [1.54, 1.807) is 31.4 Å². The Bertz CT molecular complexity index is 1430. The number of benzene rings is 4. The second-order valence-electron chi connectivity index (χ2n) is 8.36. The Morgan fingerprint density at radius 3 is 2.37 bits per heavy atom. The monoisotopic (exact) mass is 460 g/mol. The van der Waals surface area contributed by atoms with Crippen LogP contribution in [0.4, 0.5) is 0 Å². The van der Waals surface area contributed by atoms with E-state index in [4.69, 9.17) is 9.47 Å². The van der Waals surface area contributed by atoms with E-state index in [9.17, 15) is 9.59 Å². The molecule has 0 spiro atoms. The molecule has 1 aliphatic rings. The van der Waals surface area contributed by atoms with Crippen LogP contribution in [0.15, 0.2) is 103 Å². The summed E-state index contributed by atoms with van der Waals surface area (Å²) in [6.45, 7) is 0. The Balaban J connectivity index is 1.38. The molecule has 0 aliphatic heterocycles. The maximum absolute atomic E-state index is 13.2. The fourth-order valence-corrected chi connectivity index (χ4v) is 4.42. The number of esters is 1. The van der Waals surface area contributed by atoms with Gasteiger partial charge in [0.1, 0.15) is 11.5 Å². The summed E-state index contributed by atoms with van der Waals surface area (Å²) in [7, 11) is 1.62. The molecular weight excluding hydrogens is 436 g/mol. The smallest absolute Gasteiger partial charge is 0.344 e. The van der Waals surface area contributed by atoms with Gasteiger partial charge in [-0.15, -0.1) is 0 Å². The Morgan fingerprint density at radius 1 is 0.800 bits per heavy atom. The standard InChI is InChI=1S/C31H24O4/c1-34-29-14-8-5-11-23(29)19-24-16-15-22-20-25(17-18-27(22)30(24)32)35-31(33)28-13-7-6-12-26(28)21-9-3-2-4-10-21/h2-14,17-20H,15-16H2,1H3/b24-19+. The molecule has 0 saturated heterocycles. The van der Waals surface area contributed by atoms with Crippen LogP contribution in [0.3, 0.4) is 0 Å². The molecule has 0 heterocycles. The van der Waals surface area contributed by atoms with Crippen molar-refractivity contribution < 1.29 is 19.1 Å². The van der Waals surface area contributed by atoms with Crippen molar-refractivity contribution in [1.29, 1.82) is 0 Å². The highest BCUT2D eigenvalue weighted by atomic mass is 16.5. The van der Waals surface area contributed by atoms with E-state index in [1.165, 1.54) is 0 Å². The summed E-state index contributed by atoms with van der Waals surface area (Å²) in [5.41, 5.74) is 5.40. The molecule has 0 fully saturated rings. The molecule has 172 valence electrons. The number of carbonyl (C=O) groups is 2. The van der Waals surface area contributed by atoms with Crippen LogP contribution < -0.4 is 9.47 Å². The lowest BCUT2D eigenvalue weighted by molar-refractivity contribution is 0.0735. The number of hydrogen-bond donors (Lipinski definition) is 0. The number of aryl methyl sites for hydroxylation is 1. The fraction of sp³-hybridized carbons (Fsp3) is 0.0968. The van der Waals surface area contributed by atoms with Crippen LogP contribution in [-0.4, -0.2) is 18.9 Å². The Morgan fingerprint density at radius 2 is 1.54 bits per heavy atom. The van der Waals surface area contributed by atoms with Crippen molar-refractivity contribution in [2.45, 2.75) is 12.8 Å². The Hall–Kier alpha value is -4.44. The predicted octanol–water partition coefficient (Wildman–Crippen LogP) is 6.79. The van der Waals surface area contributed by atoms with Gasteiger partial charge in [-0.3, -0.25) is 4.79 Å². The highest BCUT2D eigenvalue weighted by molar-refractivity contribution is 6.13. The van der Waals surface area contributed by atoms with Crippen LogP contribution in [-0.2, 0) is 6.42 Å². The number of hydrogen-bond acceptors (Lipinski definition) is 4. The van der Waals surface area contributed by atoms with Gasteiger partial charge in [-0.1, -0.05) is 66.7 Å². The number of ether oxygens (including phenoxy) is 2. The van der Waals surface area contributed by atoms with Gasteiger partial charge in [0.25, 0.3) is 0 Å². The molecule has 4 aromatic rings. The lowest BCUT2D eigenvalue weighted by Crippen LogP contribution is -2.15. The molecule has 0 unspecified atom stereocenters. The van der Waals surface area contributed by atoms with Gasteiger partial charge in [0.15, 0.2) is 5.78 Å². The topological polar surface area (TPSA) is 52.6 Å². The van der Waals surface area contributed by atoms with Crippen molar-refractivity contribution in [2.75, 3.05) is 7.11 Å². The highest BCUT2D eigenvalue weighted by Crippen LogP contribution is 2.32. The van der Waals surface area contributed by atoms with Gasteiger partial charge in [-0.05, 0) is 65.9 Å². The Kier molecular flexibility index (Phi) is 6.27. The van der Waals surface area contributed by atoms with Gasteiger partial charge >= 0.3 is 5.97 Å². The third-order valence-electron chi connectivity index (χ3n) is 6.19. The van der Waals surface area contributed by atoms with Crippen molar-refractivity contribution in [2.24, 2.45) is 0 Å². The van der Waals surface area contributed by atoms with Crippen molar-refractivity contribution in [3.05, 3.63) is 125 Å². The number of para-hydroxylation sites is 1. The number of methoxy groups -OCH3 is 1. The summed E-state index contributed by atoms with van der Waals surface area (Å²) < 4.78 is 11.1. The molecule has 0 bridgehead atoms. The van der Waals surface area contributed by atoms with Gasteiger partial charge in [0.05, 0.1) is 12.7 Å². The molecule has 4 aromatic carbocycles. The summed E-state index contributed by atoms with van der Waals surface area (Å²) in [6, 6.07) is 30.0. The molecule has 0 N–H and O–H groups in total. The van der Waals surface area contributed by atoms with Gasteiger partial charge in [-0.2, -0.15) is 0 Å². The molecule has 0 radical (unpaired) electrons. The van der Waals surface area contributed by atoms with Gasteiger partial charge in [-0.25, -0.2) is 4.79 Å². The van der Waals surface area contributed by atoms with Gasteiger partial charge in [0.2, 0.25) is 0 Å². The molecule has 0 saturated carbocycles. The summed E-state index contributed by atoms with van der Waals surface area (Å²) in [5.74, 6) is 0.728. The summed E-state index contributed by atoms with van der Waals surface area (Å²) in [6.07, 6.45) is 3.20. The molecule has 0 atom stereocenters. The van der Waals surface area contributed by atoms with E-state index < -0.39 is 5.97 Å². The fourth-order valence-electron chi connectivity index (χ4n) is 4.42. The second kappa shape index (κ2) is 9.82. The van der Waals surface area contributed by atoms with Crippen molar-refractivity contribution in [1.82, 2.24) is 0 Å². The van der Waals surface area contributed by atoms with Gasteiger partial charge < -0.3 is 9.47 Å². The quantitative estimate of drug-likeness (QED) is 0.187. The largest absolute Gasteiger partial charge is 0.496 e. The number of Topliss-reactive ketones (excluding diaryl/α,β-unsaturated/α-hetero) is 1. The van der Waals surface area contributed by atoms with Crippen LogP contribution >= 0.6 is 0 Å². The predicted molar refractivity (Wildman–Crippen MR) is 137 cm³/mol. The van der Waals surface area contributed by atoms with E-state index in [0.717, 1.165) is 33.6 Å². The summed E-state index contributed by atoms with van der Waals surface area (Å²) >= 11 is 0. The van der Waals surface area contributed by atoms with E-state index in [2.05, 4.69) is 0 Å². The van der Waals surface area contributed by atoms with E-state index in [1.807, 2.05) is 78.9 Å². The molecule has 35 heavy (non-hydrogen) atoms. The molecular formula is C31H24O4. The third-order valence-corrected chi connectivity index (χ3v) is 6.19. The SMILES string of the molecule is COc1ccccc1/C=C1\CCc2cc(OC(=O)c3ccccc3-c3ccccc3)ccc2C1=O. The number of fused-ring (bicyclic) bond motifs is 1. The molecule has 4 heteroatoms. The minimum atomic E-state index is -0.428. The first-order chi connectivity index (χ1) is 17.1. The zero-order valence-electron chi connectivity index (χ0n) is 19.4. The number of carbonyl (C=O) groups excluding carboxylic acids is 2. The zero-order chi connectivity index (χ0) is 24.2. The van der Waals surface area contributed by atoms with E-state index in [-0.39, 0.29) is 5.78 Å². The lowest BCUT2D eigenvalue weighted by Gasteiger charge is -2.19. The van der Waals surface area contributed by atoms with Crippen LogP contribution in [0.25, 0.3) is 17.2 Å². The highest BCUT2D eigenvalue weighted by Gasteiger charge is 2.23. The van der Waals surface area contributed by atoms with Crippen LogP contribution in [0, 0.1) is 0 Å². The average Bonchev–Trinajstić information content (AvgIpc) is 2.91. The van der Waals surface area contributed by atoms with Crippen LogP contribution in [0.5, 0.6) is 11.5 Å². The van der Waals surface area contributed by atoms with E-state index >= 15 is 0 Å². The van der Waals surface area contributed by atoms with E-state index in [0.29, 0.717) is 29.7 Å². The first-order valence-electron chi connectivity index (χ1n) is 11.5. The maximum atomic E-state index is 13.2. The second-order valence-corrected chi connectivity index (χ2v) is 8.36. The number of ketones is 1. The number of allylic oxidation sites excluding steroid dienone is 1. The maximum Gasteiger partial charge on any atom is 0.344 e. The summed E-state index contributed by atoms with van der Waals surface area (Å²) in [4.78, 5) is 26.2. The van der Waals surface area contributed by atoms with Crippen molar-refractivity contribution in [3.8, 4) is 22.6 Å². The average molecular weight is 461 g/mol. The van der Waals surface area contributed by atoms with Crippen molar-refractivity contribution in [3.63, 3.8) is 0 Å². The third kappa shape index (κ3) is 4.64. The van der Waals surface area contributed by atoms with Crippen LogP contribution in [0.2, 0.25) is 0 Å². The first-order valence-corrected chi connectivity index (χ1v) is 11.5. The Labute approximate surface area is 204 Å². The lowest BCUT2D eigenvalue weighted by atomic mass is 9.86. The normalized spacial score (nSPS) is 13.9. The molecule has 5 rings (SSSR count). The zero-order valence-corrected chi connectivity index (χ0v) is 19.4. The molecule has 1 aliphatic carbocycles. The van der Waals surface area contributed by atoms with Crippen LogP contribution in [0.1, 0.15) is 38.3 Å². The first kappa shape index (κ1) is 22.4. The minimum Gasteiger partial charge on any atom is -0.496 e. The van der Waals surface area contributed by atoms with Gasteiger partial charge in [0, 0.05) is 16.7 Å². The van der Waals surface area contributed by atoms with Crippen molar-refractivity contribution >= 4 is 17.8 Å². The summed E-state index contributed by atoms with van der Waals surface area (Å²) in [5, 5.41) is 0. The number of rotatable bonds is 5.